The molecule has 0 radical (unpaired) electrons. The van der Waals surface area contributed by atoms with Gasteiger partial charge in [-0.15, -0.1) is 0 Å². The van der Waals surface area contributed by atoms with E-state index in [1.54, 1.807) is 55.5 Å². The Kier molecular flexibility index (Phi) is 11.5. The molecule has 0 spiro atoms. The van der Waals surface area contributed by atoms with Crippen LogP contribution >= 0.6 is 11.3 Å². The number of hydrogen-bond acceptors (Lipinski definition) is 11. The Hall–Kier alpha value is -5.36. The molecule has 0 amide bonds. The van der Waals surface area contributed by atoms with E-state index in [4.69, 9.17) is 28.4 Å². The van der Waals surface area contributed by atoms with Gasteiger partial charge in [0, 0.05) is 6.20 Å². The van der Waals surface area contributed by atoms with Gasteiger partial charge in [-0.2, -0.15) is 0 Å². The summed E-state index contributed by atoms with van der Waals surface area (Å²) in [7, 11) is 1.29. The highest BCUT2D eigenvalue weighted by Crippen LogP contribution is 2.35. The van der Waals surface area contributed by atoms with Crippen molar-refractivity contribution >= 4 is 29.4 Å². The molecule has 0 saturated carbocycles. The van der Waals surface area contributed by atoms with E-state index < -0.39 is 12.0 Å². The number of esters is 2. The molecule has 49 heavy (non-hydrogen) atoms. The van der Waals surface area contributed by atoms with E-state index in [0.29, 0.717) is 75.4 Å². The van der Waals surface area contributed by atoms with Crippen molar-refractivity contribution in [2.45, 2.75) is 40.3 Å². The van der Waals surface area contributed by atoms with Crippen LogP contribution in [0.25, 0.3) is 6.08 Å². The molecule has 0 aliphatic carbocycles. The number of nitrogens with zero attached hydrogens (tertiary/aromatic N) is 2. The largest absolute Gasteiger partial charge is 0.490 e. The zero-order valence-electron chi connectivity index (χ0n) is 28.0. The Morgan fingerprint density at radius 1 is 0.796 bits per heavy atom. The maximum atomic E-state index is 14.0. The van der Waals surface area contributed by atoms with Gasteiger partial charge in [-0.3, -0.25) is 9.36 Å². The zero-order chi connectivity index (χ0) is 34.9. The Morgan fingerprint density at radius 2 is 1.45 bits per heavy atom. The Balaban J connectivity index is 1.47. The van der Waals surface area contributed by atoms with E-state index in [2.05, 4.69) is 4.99 Å². The van der Waals surface area contributed by atoms with Crippen molar-refractivity contribution in [3.05, 3.63) is 114 Å². The first-order valence-corrected chi connectivity index (χ1v) is 16.8. The average Bonchev–Trinajstić information content (AvgIpc) is 3.43. The second-order valence-electron chi connectivity index (χ2n) is 10.6. The van der Waals surface area contributed by atoms with Gasteiger partial charge in [0.25, 0.3) is 5.56 Å². The highest BCUT2D eigenvalue weighted by Gasteiger charge is 2.31. The number of rotatable bonds is 14. The van der Waals surface area contributed by atoms with E-state index in [0.717, 1.165) is 5.56 Å². The van der Waals surface area contributed by atoms with Gasteiger partial charge < -0.3 is 28.4 Å². The Morgan fingerprint density at radius 3 is 2.12 bits per heavy atom. The lowest BCUT2D eigenvalue weighted by Gasteiger charge is -2.23. The minimum atomic E-state index is -0.804. The number of carbonyl (C=O) groups excluding carboxylic acids is 2. The number of ether oxygens (including phenoxy) is 6. The summed E-state index contributed by atoms with van der Waals surface area (Å²) in [5.41, 5.74) is 2.58. The molecule has 1 atom stereocenters. The molecule has 0 N–H and O–H groups in total. The van der Waals surface area contributed by atoms with Gasteiger partial charge >= 0.3 is 11.9 Å². The van der Waals surface area contributed by atoms with Crippen molar-refractivity contribution in [1.29, 1.82) is 0 Å². The van der Waals surface area contributed by atoms with Crippen molar-refractivity contribution in [3.63, 3.8) is 0 Å². The van der Waals surface area contributed by atoms with Crippen LogP contribution in [0.4, 0.5) is 0 Å². The Labute approximate surface area is 287 Å². The summed E-state index contributed by atoms with van der Waals surface area (Å²) in [5, 5.41) is 0. The van der Waals surface area contributed by atoms with Crippen molar-refractivity contribution in [2.75, 3.05) is 33.5 Å². The van der Waals surface area contributed by atoms with Gasteiger partial charge in [0.15, 0.2) is 27.8 Å². The molecule has 0 fully saturated rings. The lowest BCUT2D eigenvalue weighted by molar-refractivity contribution is -0.136. The Bertz CT molecular complexity index is 2030. The van der Waals surface area contributed by atoms with Gasteiger partial charge in [0.05, 0.1) is 55.2 Å². The van der Waals surface area contributed by atoms with E-state index in [1.807, 2.05) is 39.0 Å². The third-order valence-electron chi connectivity index (χ3n) is 7.43. The van der Waals surface area contributed by atoms with Crippen LogP contribution in [0.3, 0.4) is 0 Å². The van der Waals surface area contributed by atoms with Crippen molar-refractivity contribution in [2.24, 2.45) is 4.99 Å². The third kappa shape index (κ3) is 7.86. The molecule has 1 aliphatic heterocycles. The van der Waals surface area contributed by atoms with Crippen LogP contribution in [0.2, 0.25) is 0 Å². The fraction of sp³-hybridized carbons (Fsp3) is 0.297. The monoisotopic (exact) mass is 686 g/mol. The predicted molar refractivity (Wildman–Crippen MR) is 184 cm³/mol. The van der Waals surface area contributed by atoms with Gasteiger partial charge in [0.2, 0.25) is 0 Å². The minimum absolute atomic E-state index is 0.212. The number of methoxy groups -OCH3 is 1. The molecule has 3 aromatic carbocycles. The van der Waals surface area contributed by atoms with Crippen molar-refractivity contribution < 1.29 is 38.0 Å². The molecular formula is C37H38N2O9S. The second kappa shape index (κ2) is 16.2. The van der Waals surface area contributed by atoms with Gasteiger partial charge in [-0.1, -0.05) is 35.6 Å². The molecule has 12 heteroatoms. The summed E-state index contributed by atoms with van der Waals surface area (Å²) in [4.78, 5) is 43.8. The minimum Gasteiger partial charge on any atom is -0.490 e. The lowest BCUT2D eigenvalue weighted by Crippen LogP contribution is -2.39. The first-order valence-electron chi connectivity index (χ1n) is 16.0. The summed E-state index contributed by atoms with van der Waals surface area (Å²) >= 11 is 1.21. The highest BCUT2D eigenvalue weighted by molar-refractivity contribution is 7.07. The van der Waals surface area contributed by atoms with Gasteiger partial charge in [0.1, 0.15) is 6.61 Å². The molecule has 1 aromatic heterocycles. The maximum absolute atomic E-state index is 14.0. The summed E-state index contributed by atoms with van der Waals surface area (Å²) in [6.07, 6.45) is 3.21. The van der Waals surface area contributed by atoms with Crippen LogP contribution in [0.5, 0.6) is 23.0 Å². The first-order chi connectivity index (χ1) is 23.8. The normalized spacial score (nSPS) is 13.9. The number of aromatic nitrogens is 1. The van der Waals surface area contributed by atoms with E-state index in [1.165, 1.54) is 29.2 Å². The number of benzene rings is 3. The molecule has 2 heterocycles. The fourth-order valence-electron chi connectivity index (χ4n) is 5.25. The molecule has 0 unspecified atom stereocenters. The predicted octanol–water partition coefficient (Wildman–Crippen LogP) is 4.97. The van der Waals surface area contributed by atoms with Crippen LogP contribution < -0.4 is 33.8 Å². The fourth-order valence-corrected chi connectivity index (χ4v) is 6.22. The summed E-state index contributed by atoms with van der Waals surface area (Å²) in [6.45, 7) is 9.21. The summed E-state index contributed by atoms with van der Waals surface area (Å²) in [6, 6.07) is 17.0. The molecule has 256 valence electrons. The number of hydrogen-bond donors (Lipinski definition) is 0. The first kappa shape index (κ1) is 35.0. The topological polar surface area (TPSA) is 124 Å². The third-order valence-corrected chi connectivity index (χ3v) is 8.43. The van der Waals surface area contributed by atoms with E-state index in [-0.39, 0.29) is 23.7 Å². The zero-order valence-corrected chi connectivity index (χ0v) is 28.8. The molecular weight excluding hydrogens is 648 g/mol. The standard InChI is InChI=1S/C37H38N2O9S/c1-6-44-28-17-15-26(20-31(28)46-8-3)33-27(36(42)43-5)21-38-37-39(33)34(40)32(49-37)19-24-12-16-29(30(18-24)45-7-2)48-22-23-10-13-25(14-11-23)35(41)47-9-4/h10-21,33H,6-9,22H2,1-5H3/b32-19+/t33-/m0/s1. The average molecular weight is 687 g/mol. The lowest BCUT2D eigenvalue weighted by atomic mass is 9.97. The molecule has 1 aliphatic rings. The van der Waals surface area contributed by atoms with Gasteiger partial charge in [-0.05, 0) is 86.9 Å². The quantitative estimate of drug-likeness (QED) is 0.169. The number of carbonyl (C=O) groups is 2. The molecule has 0 bridgehead atoms. The van der Waals surface area contributed by atoms with Crippen LogP contribution in [0.1, 0.15) is 60.8 Å². The van der Waals surface area contributed by atoms with Crippen LogP contribution in [0.15, 0.2) is 82.2 Å². The maximum Gasteiger partial charge on any atom is 0.338 e. The van der Waals surface area contributed by atoms with Crippen LogP contribution in [0, 0.1) is 0 Å². The van der Waals surface area contributed by atoms with E-state index >= 15 is 0 Å². The highest BCUT2D eigenvalue weighted by atomic mass is 32.1. The molecule has 0 saturated heterocycles. The second-order valence-corrected chi connectivity index (χ2v) is 11.6. The number of thiazole rings is 1. The van der Waals surface area contributed by atoms with Gasteiger partial charge in [-0.25, -0.2) is 14.6 Å². The van der Waals surface area contributed by atoms with Crippen LogP contribution in [-0.4, -0.2) is 50.0 Å². The number of fused-ring (bicyclic) bond motifs is 1. The molecule has 5 rings (SSSR count). The SMILES string of the molecule is CCOC(=O)c1ccc(COc2ccc(/C=c3/sc4n(c3=O)[C@@H](c3ccc(OCC)c(OCC)c3)C(C(=O)OC)=CN=4)cc2OCC)cc1. The molecule has 4 aromatic rings. The van der Waals surface area contributed by atoms with Crippen molar-refractivity contribution in [1.82, 2.24) is 4.57 Å². The van der Waals surface area contributed by atoms with E-state index in [9.17, 15) is 14.4 Å². The smallest absolute Gasteiger partial charge is 0.338 e. The van der Waals surface area contributed by atoms with Crippen molar-refractivity contribution in [3.8, 4) is 23.0 Å². The summed E-state index contributed by atoms with van der Waals surface area (Å²) < 4.78 is 35.6. The summed E-state index contributed by atoms with van der Waals surface area (Å²) in [5.74, 6) is 1.14. The molecule has 11 nitrogen and oxygen atoms in total. The van der Waals surface area contributed by atoms with Crippen LogP contribution in [-0.2, 0) is 20.9 Å².